The van der Waals surface area contributed by atoms with E-state index in [0.29, 0.717) is 17.4 Å². The topological polar surface area (TPSA) is 76.0 Å². The summed E-state index contributed by atoms with van der Waals surface area (Å²) in [4.78, 5) is 27.5. The quantitative estimate of drug-likeness (QED) is 0.822. The minimum absolute atomic E-state index is 0.353. The smallest absolute Gasteiger partial charge is 0.321 e. The van der Waals surface area contributed by atoms with Crippen LogP contribution in [0.3, 0.4) is 0 Å². The highest BCUT2D eigenvalue weighted by Crippen LogP contribution is 2.24. The van der Waals surface area contributed by atoms with E-state index in [4.69, 9.17) is 0 Å². The normalized spacial score (nSPS) is 11.8. The molecule has 2 N–H and O–H groups in total. The summed E-state index contributed by atoms with van der Waals surface area (Å²) in [5.74, 6) is -0.774. The van der Waals surface area contributed by atoms with Gasteiger partial charge in [-0.05, 0) is 32.0 Å². The van der Waals surface area contributed by atoms with Crippen LogP contribution in [0, 0.1) is 5.82 Å². The van der Waals surface area contributed by atoms with Crippen molar-refractivity contribution in [3.8, 4) is 5.69 Å². The predicted molar refractivity (Wildman–Crippen MR) is 86.1 cm³/mol. The third-order valence-corrected chi connectivity index (χ3v) is 4.00. The second kappa shape index (κ2) is 7.77. The van der Waals surface area contributed by atoms with Crippen molar-refractivity contribution in [3.63, 3.8) is 0 Å². The van der Waals surface area contributed by atoms with Gasteiger partial charge in [-0.1, -0.05) is 17.8 Å². The number of carbonyl (C=O) groups excluding carboxylic acids is 2. The second-order valence-corrected chi connectivity index (χ2v) is 5.98. The molecule has 0 aliphatic heterocycles. The number of thioether (sulfide) groups is 1. The van der Waals surface area contributed by atoms with Crippen LogP contribution in [0.4, 0.5) is 9.18 Å². The standard InChI is InChI=1S/C15H17FN4O2S/c1-3-17-14(22)19-13(21)10(2)23-15-18-7-8-20(15)12-6-4-5-11(16)9-12/h4-10H,3H2,1-2H3,(H2,17,19,21,22). The molecule has 1 heterocycles. The molecule has 8 heteroatoms. The van der Waals surface area contributed by atoms with Crippen molar-refractivity contribution < 1.29 is 14.0 Å². The zero-order chi connectivity index (χ0) is 16.8. The van der Waals surface area contributed by atoms with Crippen LogP contribution >= 0.6 is 11.8 Å². The molecular formula is C15H17FN4O2S. The van der Waals surface area contributed by atoms with Gasteiger partial charge >= 0.3 is 6.03 Å². The number of imide groups is 1. The second-order valence-electron chi connectivity index (χ2n) is 4.67. The summed E-state index contributed by atoms with van der Waals surface area (Å²) in [5.41, 5.74) is 0.612. The maximum atomic E-state index is 13.3. The number of carbonyl (C=O) groups is 2. The van der Waals surface area contributed by atoms with Crippen molar-refractivity contribution in [2.24, 2.45) is 0 Å². The molecule has 6 nitrogen and oxygen atoms in total. The molecule has 1 unspecified atom stereocenters. The number of nitrogens with one attached hydrogen (secondary N) is 2. The summed E-state index contributed by atoms with van der Waals surface area (Å²) in [7, 11) is 0. The van der Waals surface area contributed by atoms with Crippen LogP contribution in [0.15, 0.2) is 41.8 Å². The van der Waals surface area contributed by atoms with Crippen LogP contribution in [0.25, 0.3) is 5.69 Å². The molecular weight excluding hydrogens is 319 g/mol. The molecule has 1 aromatic carbocycles. The third kappa shape index (κ3) is 4.56. The Bertz CT molecular complexity index is 704. The van der Waals surface area contributed by atoms with Gasteiger partial charge in [-0.2, -0.15) is 0 Å². The Morgan fingerprint density at radius 1 is 1.43 bits per heavy atom. The number of hydrogen-bond donors (Lipinski definition) is 2. The fourth-order valence-corrected chi connectivity index (χ4v) is 2.71. The zero-order valence-electron chi connectivity index (χ0n) is 12.7. The molecule has 0 saturated heterocycles. The SMILES string of the molecule is CCNC(=O)NC(=O)C(C)Sc1nccn1-c1cccc(F)c1. The number of hydrogen-bond acceptors (Lipinski definition) is 4. The van der Waals surface area contributed by atoms with E-state index in [1.807, 2.05) is 0 Å². The average Bonchev–Trinajstić information content (AvgIpc) is 2.95. The number of imidazole rings is 1. The maximum Gasteiger partial charge on any atom is 0.321 e. The van der Waals surface area contributed by atoms with E-state index < -0.39 is 17.2 Å². The van der Waals surface area contributed by atoms with E-state index in [1.54, 1.807) is 42.9 Å². The number of benzene rings is 1. The molecule has 0 aliphatic rings. The number of aromatic nitrogens is 2. The van der Waals surface area contributed by atoms with E-state index in [9.17, 15) is 14.0 Å². The Hall–Kier alpha value is -2.35. The van der Waals surface area contributed by atoms with E-state index in [2.05, 4.69) is 15.6 Å². The highest BCUT2D eigenvalue weighted by molar-refractivity contribution is 8.00. The Morgan fingerprint density at radius 2 is 2.22 bits per heavy atom. The first-order valence-electron chi connectivity index (χ1n) is 7.06. The molecule has 1 aromatic heterocycles. The lowest BCUT2D eigenvalue weighted by atomic mass is 10.3. The Morgan fingerprint density at radius 3 is 2.91 bits per heavy atom. The highest BCUT2D eigenvalue weighted by atomic mass is 32.2. The van der Waals surface area contributed by atoms with Gasteiger partial charge in [-0.15, -0.1) is 0 Å². The number of halogens is 1. The van der Waals surface area contributed by atoms with Crippen molar-refractivity contribution in [2.75, 3.05) is 6.54 Å². The van der Waals surface area contributed by atoms with Crippen LogP contribution in [0.5, 0.6) is 0 Å². The molecule has 0 spiro atoms. The minimum Gasteiger partial charge on any atom is -0.338 e. The number of nitrogens with zero attached hydrogens (tertiary/aromatic N) is 2. The van der Waals surface area contributed by atoms with Crippen molar-refractivity contribution >= 4 is 23.7 Å². The van der Waals surface area contributed by atoms with Gasteiger partial charge in [-0.25, -0.2) is 14.2 Å². The molecule has 2 aromatic rings. The van der Waals surface area contributed by atoms with E-state index in [-0.39, 0.29) is 5.82 Å². The lowest BCUT2D eigenvalue weighted by molar-refractivity contribution is -0.119. The van der Waals surface area contributed by atoms with Crippen molar-refractivity contribution in [2.45, 2.75) is 24.3 Å². The third-order valence-electron chi connectivity index (χ3n) is 2.92. The Kier molecular flexibility index (Phi) is 5.75. The van der Waals surface area contributed by atoms with Crippen LogP contribution in [0.2, 0.25) is 0 Å². The number of rotatable bonds is 5. The van der Waals surface area contributed by atoms with E-state index in [0.717, 1.165) is 0 Å². The van der Waals surface area contributed by atoms with Crippen LogP contribution in [-0.2, 0) is 4.79 Å². The first kappa shape index (κ1) is 17.0. The average molecular weight is 336 g/mol. The minimum atomic E-state index is -0.535. The molecule has 3 amide bonds. The fourth-order valence-electron chi connectivity index (χ4n) is 1.83. The van der Waals surface area contributed by atoms with Gasteiger partial charge in [0.1, 0.15) is 5.82 Å². The molecule has 0 radical (unpaired) electrons. The van der Waals surface area contributed by atoms with Gasteiger partial charge in [0, 0.05) is 18.9 Å². The van der Waals surface area contributed by atoms with Crippen molar-refractivity contribution in [1.82, 2.24) is 20.2 Å². The lowest BCUT2D eigenvalue weighted by Gasteiger charge is -2.12. The molecule has 2 rings (SSSR count). The van der Waals surface area contributed by atoms with Crippen molar-refractivity contribution in [1.29, 1.82) is 0 Å². The van der Waals surface area contributed by atoms with Crippen molar-refractivity contribution in [3.05, 3.63) is 42.5 Å². The lowest BCUT2D eigenvalue weighted by Crippen LogP contribution is -2.42. The fraction of sp³-hybridized carbons (Fsp3) is 0.267. The zero-order valence-corrected chi connectivity index (χ0v) is 13.6. The largest absolute Gasteiger partial charge is 0.338 e. The predicted octanol–water partition coefficient (Wildman–Crippen LogP) is 2.34. The van der Waals surface area contributed by atoms with E-state index in [1.165, 1.54) is 23.9 Å². The highest BCUT2D eigenvalue weighted by Gasteiger charge is 2.19. The van der Waals surface area contributed by atoms with Gasteiger partial charge in [0.15, 0.2) is 5.16 Å². The van der Waals surface area contributed by atoms with Gasteiger partial charge in [0.05, 0.1) is 10.9 Å². The first-order chi connectivity index (χ1) is 11.0. The van der Waals surface area contributed by atoms with Gasteiger partial charge < -0.3 is 5.32 Å². The maximum absolute atomic E-state index is 13.3. The number of amides is 3. The molecule has 23 heavy (non-hydrogen) atoms. The Balaban J connectivity index is 2.08. The Labute approximate surface area is 137 Å². The van der Waals surface area contributed by atoms with Gasteiger partial charge in [0.2, 0.25) is 5.91 Å². The molecule has 0 saturated carbocycles. The number of urea groups is 1. The summed E-state index contributed by atoms with van der Waals surface area (Å²) in [6.07, 6.45) is 3.26. The van der Waals surface area contributed by atoms with Crippen LogP contribution in [-0.4, -0.2) is 33.3 Å². The summed E-state index contributed by atoms with van der Waals surface area (Å²) in [6.45, 7) is 3.87. The monoisotopic (exact) mass is 336 g/mol. The molecule has 0 aliphatic carbocycles. The van der Waals surface area contributed by atoms with Gasteiger partial charge in [-0.3, -0.25) is 14.7 Å². The molecule has 0 fully saturated rings. The molecule has 1 atom stereocenters. The molecule has 122 valence electrons. The first-order valence-corrected chi connectivity index (χ1v) is 7.94. The summed E-state index contributed by atoms with van der Waals surface area (Å²) in [6, 6.07) is 5.55. The summed E-state index contributed by atoms with van der Waals surface area (Å²) in [5, 5.41) is 4.75. The summed E-state index contributed by atoms with van der Waals surface area (Å²) < 4.78 is 15.0. The van der Waals surface area contributed by atoms with Crippen LogP contribution < -0.4 is 10.6 Å². The summed E-state index contributed by atoms with van der Waals surface area (Å²) >= 11 is 1.18. The van der Waals surface area contributed by atoms with Gasteiger partial charge in [0.25, 0.3) is 0 Å². The molecule has 0 bridgehead atoms. The van der Waals surface area contributed by atoms with Crippen LogP contribution in [0.1, 0.15) is 13.8 Å². The van der Waals surface area contributed by atoms with E-state index >= 15 is 0 Å².